The van der Waals surface area contributed by atoms with E-state index >= 15 is 0 Å². The molecular formula is C16H33Cl. The van der Waals surface area contributed by atoms with Crippen molar-refractivity contribution in [2.45, 2.75) is 91.4 Å². The van der Waals surface area contributed by atoms with Crippen molar-refractivity contribution in [3.8, 4) is 0 Å². The summed E-state index contributed by atoms with van der Waals surface area (Å²) in [5.41, 5.74) is 0.530. The summed E-state index contributed by atoms with van der Waals surface area (Å²) in [5.74, 6) is 0.841. The molecule has 0 aliphatic carbocycles. The molecule has 0 radical (unpaired) electrons. The van der Waals surface area contributed by atoms with Crippen molar-refractivity contribution in [3.63, 3.8) is 0 Å². The van der Waals surface area contributed by atoms with Gasteiger partial charge in [-0.25, -0.2) is 0 Å². The first kappa shape index (κ1) is 17.3. The number of alkyl halides is 1. The number of halogens is 1. The molecule has 0 heterocycles. The van der Waals surface area contributed by atoms with Gasteiger partial charge in [-0.15, -0.1) is 11.6 Å². The highest BCUT2D eigenvalue weighted by Crippen LogP contribution is 2.22. The second-order valence-corrected chi connectivity index (χ2v) is 6.91. The lowest BCUT2D eigenvalue weighted by Gasteiger charge is -2.17. The number of unbranched alkanes of at least 4 members (excludes halogenated alkanes) is 9. The molecule has 0 N–H and O–H groups in total. The van der Waals surface area contributed by atoms with Crippen LogP contribution in [-0.4, -0.2) is 5.88 Å². The van der Waals surface area contributed by atoms with Gasteiger partial charge in [0, 0.05) is 5.88 Å². The van der Waals surface area contributed by atoms with E-state index in [1.807, 2.05) is 0 Å². The Balaban J connectivity index is 2.99. The SMILES string of the molecule is CC(C)(C)CCCCCCCCCCCCCl. The summed E-state index contributed by atoms with van der Waals surface area (Å²) in [6.45, 7) is 7.02. The van der Waals surface area contributed by atoms with Gasteiger partial charge in [-0.3, -0.25) is 0 Å². The largest absolute Gasteiger partial charge is 0.127 e. The molecule has 0 spiro atoms. The van der Waals surface area contributed by atoms with Crippen LogP contribution in [0.25, 0.3) is 0 Å². The van der Waals surface area contributed by atoms with Gasteiger partial charge in [0.05, 0.1) is 0 Å². The molecular weight excluding hydrogens is 228 g/mol. The lowest BCUT2D eigenvalue weighted by atomic mass is 9.89. The van der Waals surface area contributed by atoms with Crippen LogP contribution < -0.4 is 0 Å². The molecule has 0 aromatic heterocycles. The average Bonchev–Trinajstić information content (AvgIpc) is 2.24. The first-order chi connectivity index (χ1) is 8.06. The minimum absolute atomic E-state index is 0.530. The van der Waals surface area contributed by atoms with Crippen molar-refractivity contribution in [2.75, 3.05) is 5.88 Å². The Morgan fingerprint density at radius 1 is 0.588 bits per heavy atom. The minimum Gasteiger partial charge on any atom is -0.127 e. The molecule has 17 heavy (non-hydrogen) atoms. The van der Waals surface area contributed by atoms with Gasteiger partial charge in [0.1, 0.15) is 0 Å². The van der Waals surface area contributed by atoms with Crippen LogP contribution in [0.2, 0.25) is 0 Å². The van der Waals surface area contributed by atoms with Crippen molar-refractivity contribution in [3.05, 3.63) is 0 Å². The van der Waals surface area contributed by atoms with E-state index < -0.39 is 0 Å². The first-order valence-electron chi connectivity index (χ1n) is 7.62. The van der Waals surface area contributed by atoms with Crippen LogP contribution in [0.15, 0.2) is 0 Å². The number of hydrogen-bond acceptors (Lipinski definition) is 0. The fourth-order valence-corrected chi connectivity index (χ4v) is 2.35. The fourth-order valence-electron chi connectivity index (χ4n) is 2.16. The van der Waals surface area contributed by atoms with Crippen LogP contribution in [0.1, 0.15) is 91.4 Å². The maximum atomic E-state index is 5.64. The van der Waals surface area contributed by atoms with E-state index in [1.165, 1.54) is 70.6 Å². The van der Waals surface area contributed by atoms with Crippen LogP contribution in [0.4, 0.5) is 0 Å². The molecule has 0 aliphatic rings. The Kier molecular flexibility index (Phi) is 11.6. The van der Waals surface area contributed by atoms with Crippen LogP contribution in [-0.2, 0) is 0 Å². The molecule has 0 rings (SSSR count). The smallest absolute Gasteiger partial charge is 0.0223 e. The summed E-state index contributed by atoms with van der Waals surface area (Å²) < 4.78 is 0. The predicted molar refractivity (Wildman–Crippen MR) is 81.0 cm³/mol. The zero-order valence-electron chi connectivity index (χ0n) is 12.4. The summed E-state index contributed by atoms with van der Waals surface area (Å²) in [4.78, 5) is 0. The van der Waals surface area contributed by atoms with E-state index in [9.17, 15) is 0 Å². The summed E-state index contributed by atoms with van der Waals surface area (Å²) in [6, 6.07) is 0. The van der Waals surface area contributed by atoms with Gasteiger partial charge >= 0.3 is 0 Å². The molecule has 104 valence electrons. The molecule has 0 saturated carbocycles. The highest BCUT2D eigenvalue weighted by molar-refractivity contribution is 6.17. The zero-order chi connectivity index (χ0) is 13.0. The molecule has 0 fully saturated rings. The number of hydrogen-bond donors (Lipinski definition) is 0. The Labute approximate surface area is 115 Å². The van der Waals surface area contributed by atoms with Crippen LogP contribution >= 0.6 is 11.6 Å². The molecule has 0 nitrogen and oxygen atoms in total. The van der Waals surface area contributed by atoms with Crippen LogP contribution in [0, 0.1) is 5.41 Å². The Morgan fingerprint density at radius 3 is 1.29 bits per heavy atom. The van der Waals surface area contributed by atoms with Crippen molar-refractivity contribution < 1.29 is 0 Å². The standard InChI is InChI=1S/C16H33Cl/c1-16(2,3)14-12-10-8-6-4-5-7-9-11-13-15-17/h4-15H2,1-3H3. The topological polar surface area (TPSA) is 0 Å². The summed E-state index contributed by atoms with van der Waals surface area (Å²) in [7, 11) is 0. The van der Waals surface area contributed by atoms with Gasteiger partial charge in [-0.2, -0.15) is 0 Å². The number of rotatable bonds is 11. The highest BCUT2D eigenvalue weighted by Gasteiger charge is 2.08. The lowest BCUT2D eigenvalue weighted by Crippen LogP contribution is -2.03. The quantitative estimate of drug-likeness (QED) is 0.291. The summed E-state index contributed by atoms with van der Waals surface area (Å²) >= 11 is 5.64. The lowest BCUT2D eigenvalue weighted by molar-refractivity contribution is 0.356. The predicted octanol–water partition coefficient (Wildman–Crippen LogP) is 6.56. The van der Waals surface area contributed by atoms with Crippen molar-refractivity contribution in [2.24, 2.45) is 5.41 Å². The maximum Gasteiger partial charge on any atom is 0.0223 e. The van der Waals surface area contributed by atoms with E-state index in [1.54, 1.807) is 0 Å². The third-order valence-electron chi connectivity index (χ3n) is 3.31. The summed E-state index contributed by atoms with van der Waals surface area (Å²) in [5, 5.41) is 0. The maximum absolute atomic E-state index is 5.64. The molecule has 1 heteroatoms. The van der Waals surface area contributed by atoms with E-state index in [4.69, 9.17) is 11.6 Å². The molecule has 0 unspecified atom stereocenters. The highest BCUT2D eigenvalue weighted by atomic mass is 35.5. The van der Waals surface area contributed by atoms with Gasteiger partial charge in [0.15, 0.2) is 0 Å². The molecule has 0 amide bonds. The van der Waals surface area contributed by atoms with Gasteiger partial charge in [0.25, 0.3) is 0 Å². The third-order valence-corrected chi connectivity index (χ3v) is 3.58. The fraction of sp³-hybridized carbons (Fsp3) is 1.00. The van der Waals surface area contributed by atoms with E-state index in [0.29, 0.717) is 5.41 Å². The molecule has 0 aromatic rings. The zero-order valence-corrected chi connectivity index (χ0v) is 13.1. The Hall–Kier alpha value is 0.290. The van der Waals surface area contributed by atoms with Crippen molar-refractivity contribution in [1.29, 1.82) is 0 Å². The second-order valence-electron chi connectivity index (χ2n) is 6.54. The Bertz CT molecular complexity index is 146. The summed E-state index contributed by atoms with van der Waals surface area (Å²) in [6.07, 6.45) is 15.3. The minimum atomic E-state index is 0.530. The average molecular weight is 261 g/mol. The molecule has 0 atom stereocenters. The van der Waals surface area contributed by atoms with E-state index in [0.717, 1.165) is 5.88 Å². The monoisotopic (exact) mass is 260 g/mol. The molecule has 0 aliphatic heterocycles. The normalized spacial score (nSPS) is 12.0. The molecule has 0 aromatic carbocycles. The third kappa shape index (κ3) is 16.3. The molecule has 0 saturated heterocycles. The molecule has 0 bridgehead atoms. The van der Waals surface area contributed by atoms with E-state index in [-0.39, 0.29) is 0 Å². The van der Waals surface area contributed by atoms with Crippen LogP contribution in [0.3, 0.4) is 0 Å². The van der Waals surface area contributed by atoms with Gasteiger partial charge in [-0.05, 0) is 18.3 Å². The van der Waals surface area contributed by atoms with Gasteiger partial charge < -0.3 is 0 Å². The first-order valence-corrected chi connectivity index (χ1v) is 8.16. The van der Waals surface area contributed by atoms with Gasteiger partial charge in [-0.1, -0.05) is 78.6 Å². The second kappa shape index (κ2) is 11.4. The van der Waals surface area contributed by atoms with Crippen molar-refractivity contribution in [1.82, 2.24) is 0 Å². The van der Waals surface area contributed by atoms with Crippen molar-refractivity contribution >= 4 is 11.6 Å². The van der Waals surface area contributed by atoms with Crippen LogP contribution in [0.5, 0.6) is 0 Å². The van der Waals surface area contributed by atoms with Gasteiger partial charge in [0.2, 0.25) is 0 Å². The van der Waals surface area contributed by atoms with E-state index in [2.05, 4.69) is 20.8 Å². The Morgan fingerprint density at radius 2 is 0.941 bits per heavy atom.